The van der Waals surface area contributed by atoms with Crippen LogP contribution in [0.4, 0.5) is 9.59 Å². The molecule has 1 aromatic rings. The van der Waals surface area contributed by atoms with Crippen molar-refractivity contribution in [3.63, 3.8) is 0 Å². The number of nitrogens with one attached hydrogen (secondary N) is 1. The van der Waals surface area contributed by atoms with Crippen LogP contribution in [0, 0.1) is 0 Å². The van der Waals surface area contributed by atoms with Crippen molar-refractivity contribution in [3.8, 4) is 0 Å². The van der Waals surface area contributed by atoms with Crippen molar-refractivity contribution in [2.45, 2.75) is 18.6 Å². The van der Waals surface area contributed by atoms with Crippen molar-refractivity contribution in [2.75, 3.05) is 19.7 Å². The first-order valence-electron chi connectivity index (χ1n) is 7.32. The van der Waals surface area contributed by atoms with Crippen LogP contribution in [0.25, 0.3) is 0 Å². The second-order valence-corrected chi connectivity index (χ2v) is 5.52. The van der Waals surface area contributed by atoms with Crippen LogP contribution in [0.3, 0.4) is 0 Å². The maximum absolute atomic E-state index is 11.9. The summed E-state index contributed by atoms with van der Waals surface area (Å²) in [6.45, 7) is 1.13. The van der Waals surface area contributed by atoms with Crippen molar-refractivity contribution < 1.29 is 24.2 Å². The van der Waals surface area contributed by atoms with Crippen LogP contribution in [0.1, 0.15) is 5.56 Å². The Kier molecular flexibility index (Phi) is 4.05. The SMILES string of the molecule is O=C1N[C@@H](CN2CCOC2=O)[C@@H]1N(Cc1ccccc1)C(=O)O. The first-order valence-corrected chi connectivity index (χ1v) is 7.32. The van der Waals surface area contributed by atoms with Gasteiger partial charge in [0.25, 0.3) is 0 Å². The van der Waals surface area contributed by atoms with E-state index >= 15 is 0 Å². The molecular weight excluding hydrogens is 302 g/mol. The largest absolute Gasteiger partial charge is 0.465 e. The van der Waals surface area contributed by atoms with Crippen LogP contribution in [-0.4, -0.2) is 64.8 Å². The maximum Gasteiger partial charge on any atom is 0.410 e. The lowest BCUT2D eigenvalue weighted by Gasteiger charge is -2.43. The molecule has 0 aliphatic carbocycles. The third-order valence-electron chi connectivity index (χ3n) is 4.02. The van der Waals surface area contributed by atoms with Crippen molar-refractivity contribution in [1.29, 1.82) is 0 Å². The number of amides is 3. The molecule has 0 radical (unpaired) electrons. The van der Waals surface area contributed by atoms with Gasteiger partial charge in [0.2, 0.25) is 5.91 Å². The Morgan fingerprint density at radius 3 is 2.65 bits per heavy atom. The molecule has 2 aliphatic heterocycles. The number of hydrogen-bond acceptors (Lipinski definition) is 4. The molecule has 3 rings (SSSR count). The molecule has 0 aromatic heterocycles. The van der Waals surface area contributed by atoms with Gasteiger partial charge >= 0.3 is 12.2 Å². The summed E-state index contributed by atoms with van der Waals surface area (Å²) in [5, 5.41) is 12.1. The molecule has 0 unspecified atom stereocenters. The lowest BCUT2D eigenvalue weighted by molar-refractivity contribution is -0.137. The summed E-state index contributed by atoms with van der Waals surface area (Å²) in [7, 11) is 0. The highest BCUT2D eigenvalue weighted by Crippen LogP contribution is 2.20. The van der Waals surface area contributed by atoms with Gasteiger partial charge in [-0.05, 0) is 5.56 Å². The maximum atomic E-state index is 11.9. The Morgan fingerprint density at radius 2 is 2.09 bits per heavy atom. The standard InChI is InChI=1S/C15H17N3O5/c19-13-12(11(16-13)9-17-6-7-23-15(17)22)18(14(20)21)8-10-4-2-1-3-5-10/h1-5,11-12H,6-9H2,(H,16,19)(H,20,21)/t11-,12-/m0/s1. The molecule has 2 saturated heterocycles. The Morgan fingerprint density at radius 1 is 1.35 bits per heavy atom. The van der Waals surface area contributed by atoms with E-state index in [-0.39, 0.29) is 19.0 Å². The summed E-state index contributed by atoms with van der Waals surface area (Å²) < 4.78 is 4.84. The van der Waals surface area contributed by atoms with Crippen molar-refractivity contribution in [3.05, 3.63) is 35.9 Å². The molecule has 2 atom stereocenters. The Balaban J connectivity index is 1.71. The van der Waals surface area contributed by atoms with E-state index in [9.17, 15) is 19.5 Å². The van der Waals surface area contributed by atoms with E-state index in [1.54, 1.807) is 12.1 Å². The average Bonchev–Trinajstić information content (AvgIpc) is 2.92. The minimum atomic E-state index is -1.16. The van der Waals surface area contributed by atoms with E-state index in [0.717, 1.165) is 10.5 Å². The zero-order valence-corrected chi connectivity index (χ0v) is 12.3. The summed E-state index contributed by atoms with van der Waals surface area (Å²) in [6, 6.07) is 7.85. The number of carbonyl (C=O) groups is 3. The number of β-lactam (4-membered cyclic amide) rings is 1. The minimum absolute atomic E-state index is 0.120. The minimum Gasteiger partial charge on any atom is -0.465 e. The molecule has 3 amide bonds. The molecule has 122 valence electrons. The van der Waals surface area contributed by atoms with Gasteiger partial charge in [-0.3, -0.25) is 9.69 Å². The molecule has 8 heteroatoms. The first kappa shape index (κ1) is 15.1. The van der Waals surface area contributed by atoms with E-state index in [0.29, 0.717) is 13.2 Å². The van der Waals surface area contributed by atoms with Gasteiger partial charge in [-0.2, -0.15) is 0 Å². The number of nitrogens with zero attached hydrogens (tertiary/aromatic N) is 2. The second-order valence-electron chi connectivity index (χ2n) is 5.52. The number of ether oxygens (including phenoxy) is 1. The second kappa shape index (κ2) is 6.15. The first-order chi connectivity index (χ1) is 11.1. The monoisotopic (exact) mass is 319 g/mol. The highest BCUT2D eigenvalue weighted by Gasteiger charge is 2.47. The fraction of sp³-hybridized carbons (Fsp3) is 0.400. The highest BCUT2D eigenvalue weighted by atomic mass is 16.6. The van der Waals surface area contributed by atoms with Gasteiger partial charge in [0.05, 0.1) is 12.6 Å². The molecule has 0 spiro atoms. The molecule has 0 saturated carbocycles. The molecule has 2 heterocycles. The van der Waals surface area contributed by atoms with Crippen LogP contribution in [0.2, 0.25) is 0 Å². The molecular formula is C15H17N3O5. The molecule has 2 N–H and O–H groups in total. The predicted molar refractivity (Wildman–Crippen MR) is 78.6 cm³/mol. The van der Waals surface area contributed by atoms with Gasteiger partial charge in [-0.15, -0.1) is 0 Å². The Hall–Kier alpha value is -2.77. The van der Waals surface area contributed by atoms with Crippen LogP contribution < -0.4 is 5.32 Å². The number of benzene rings is 1. The fourth-order valence-electron chi connectivity index (χ4n) is 2.83. The topological polar surface area (TPSA) is 99.2 Å². The zero-order chi connectivity index (χ0) is 16.4. The highest BCUT2D eigenvalue weighted by molar-refractivity contribution is 5.92. The zero-order valence-electron chi connectivity index (χ0n) is 12.3. The van der Waals surface area contributed by atoms with Gasteiger partial charge in [-0.25, -0.2) is 9.59 Å². The van der Waals surface area contributed by atoms with Gasteiger partial charge in [0.15, 0.2) is 0 Å². The van der Waals surface area contributed by atoms with Crippen molar-refractivity contribution in [2.24, 2.45) is 0 Å². The summed E-state index contributed by atoms with van der Waals surface area (Å²) in [5.41, 5.74) is 0.800. The Bertz CT molecular complexity index is 621. The predicted octanol–water partition coefficient (Wildman–Crippen LogP) is 0.486. The van der Waals surface area contributed by atoms with Gasteiger partial charge in [-0.1, -0.05) is 30.3 Å². The third kappa shape index (κ3) is 3.05. The molecule has 0 bridgehead atoms. The summed E-state index contributed by atoms with van der Waals surface area (Å²) in [5.74, 6) is -0.346. The van der Waals surface area contributed by atoms with E-state index in [4.69, 9.17) is 4.74 Å². The lowest BCUT2D eigenvalue weighted by Crippen LogP contribution is -2.72. The van der Waals surface area contributed by atoms with Crippen LogP contribution in [0.15, 0.2) is 30.3 Å². The third-order valence-corrected chi connectivity index (χ3v) is 4.02. The van der Waals surface area contributed by atoms with Gasteiger partial charge in [0.1, 0.15) is 12.6 Å². The molecule has 23 heavy (non-hydrogen) atoms. The number of rotatable bonds is 5. The Labute approximate surface area is 132 Å². The van der Waals surface area contributed by atoms with Crippen LogP contribution >= 0.6 is 0 Å². The molecule has 8 nitrogen and oxygen atoms in total. The number of hydrogen-bond donors (Lipinski definition) is 2. The number of carbonyl (C=O) groups excluding carboxylic acids is 2. The van der Waals surface area contributed by atoms with Crippen molar-refractivity contribution in [1.82, 2.24) is 15.1 Å². The molecule has 2 aliphatic rings. The molecule has 2 fully saturated rings. The quantitative estimate of drug-likeness (QED) is 0.769. The fourth-order valence-corrected chi connectivity index (χ4v) is 2.83. The number of cyclic esters (lactones) is 1. The average molecular weight is 319 g/mol. The van der Waals surface area contributed by atoms with Crippen molar-refractivity contribution >= 4 is 18.1 Å². The molecule has 1 aromatic carbocycles. The normalized spacial score (nSPS) is 23.0. The van der Waals surface area contributed by atoms with Crippen LogP contribution in [0.5, 0.6) is 0 Å². The van der Waals surface area contributed by atoms with Crippen LogP contribution in [-0.2, 0) is 16.1 Å². The van der Waals surface area contributed by atoms with E-state index in [2.05, 4.69) is 5.32 Å². The summed E-state index contributed by atoms with van der Waals surface area (Å²) >= 11 is 0. The summed E-state index contributed by atoms with van der Waals surface area (Å²) in [6.07, 6.45) is -1.60. The van der Waals surface area contributed by atoms with E-state index in [1.165, 1.54) is 4.90 Å². The van der Waals surface area contributed by atoms with E-state index in [1.807, 2.05) is 18.2 Å². The lowest BCUT2D eigenvalue weighted by atomic mass is 9.96. The van der Waals surface area contributed by atoms with Gasteiger partial charge < -0.3 is 20.1 Å². The summed E-state index contributed by atoms with van der Waals surface area (Å²) in [4.78, 5) is 37.5. The van der Waals surface area contributed by atoms with E-state index < -0.39 is 24.3 Å². The smallest absolute Gasteiger partial charge is 0.410 e. The number of carboxylic acid groups (broad SMARTS) is 1. The van der Waals surface area contributed by atoms with Gasteiger partial charge in [0, 0.05) is 13.1 Å².